The average molecular weight is 282 g/mol. The van der Waals surface area contributed by atoms with E-state index in [1.807, 2.05) is 0 Å². The summed E-state index contributed by atoms with van der Waals surface area (Å²) in [5.74, 6) is -0.225. The van der Waals surface area contributed by atoms with Crippen molar-refractivity contribution in [2.24, 2.45) is 0 Å². The lowest BCUT2D eigenvalue weighted by molar-refractivity contribution is -0.394. The van der Waals surface area contributed by atoms with Crippen molar-refractivity contribution in [3.63, 3.8) is 0 Å². The number of nitro benzene ring substituents is 2. The molecule has 0 aliphatic carbocycles. The van der Waals surface area contributed by atoms with Crippen LogP contribution in [0.5, 0.6) is 0 Å². The van der Waals surface area contributed by atoms with E-state index in [2.05, 4.69) is 10.6 Å². The van der Waals surface area contributed by atoms with Crippen LogP contribution in [0.2, 0.25) is 0 Å². The zero-order valence-electron chi connectivity index (χ0n) is 10.8. The third-order valence-electron chi connectivity index (χ3n) is 2.45. The fourth-order valence-corrected chi connectivity index (χ4v) is 1.56. The Bertz CT molecular complexity index is 532. The van der Waals surface area contributed by atoms with Crippen LogP contribution in [0.3, 0.4) is 0 Å². The summed E-state index contributed by atoms with van der Waals surface area (Å²) in [6, 6.07) is 3.40. The average Bonchev–Trinajstić information content (AvgIpc) is 2.38. The lowest BCUT2D eigenvalue weighted by Gasteiger charge is -2.05. The van der Waals surface area contributed by atoms with Gasteiger partial charge in [-0.3, -0.25) is 25.0 Å². The van der Waals surface area contributed by atoms with Crippen molar-refractivity contribution >= 4 is 17.3 Å². The molecule has 0 aliphatic rings. The number of benzene rings is 1. The van der Waals surface area contributed by atoms with Crippen molar-refractivity contribution in [1.29, 1.82) is 0 Å². The molecule has 0 atom stereocenters. The van der Waals surface area contributed by atoms with Crippen molar-refractivity contribution in [2.45, 2.75) is 13.5 Å². The maximum atomic E-state index is 11.2. The van der Waals surface area contributed by atoms with Crippen LogP contribution in [0, 0.1) is 20.2 Å². The van der Waals surface area contributed by atoms with Crippen LogP contribution in [0.15, 0.2) is 18.2 Å². The number of amides is 1. The van der Waals surface area contributed by atoms with Gasteiger partial charge < -0.3 is 10.6 Å². The Morgan fingerprint density at radius 1 is 1.25 bits per heavy atom. The normalized spacial score (nSPS) is 10.1. The van der Waals surface area contributed by atoms with Gasteiger partial charge in [-0.15, -0.1) is 0 Å². The zero-order valence-corrected chi connectivity index (χ0v) is 10.8. The molecule has 2 N–H and O–H groups in total. The molecule has 20 heavy (non-hydrogen) atoms. The summed E-state index contributed by atoms with van der Waals surface area (Å²) in [6.07, 6.45) is 0. The van der Waals surface area contributed by atoms with Gasteiger partial charge in [-0.25, -0.2) is 0 Å². The highest BCUT2D eigenvalue weighted by molar-refractivity contribution is 5.77. The molecule has 1 aromatic carbocycles. The van der Waals surface area contributed by atoms with Crippen LogP contribution in [0.1, 0.15) is 12.5 Å². The van der Waals surface area contributed by atoms with E-state index in [4.69, 9.17) is 0 Å². The molecule has 108 valence electrons. The van der Waals surface area contributed by atoms with E-state index in [0.29, 0.717) is 6.54 Å². The largest absolute Gasteiger partial charge is 0.355 e. The topological polar surface area (TPSA) is 127 Å². The first kappa shape index (κ1) is 15.5. The second kappa shape index (κ2) is 7.14. The highest BCUT2D eigenvalue weighted by Crippen LogP contribution is 2.24. The number of nitro groups is 2. The molecule has 9 nitrogen and oxygen atoms in total. The van der Waals surface area contributed by atoms with Gasteiger partial charge in [0.2, 0.25) is 5.91 Å². The van der Waals surface area contributed by atoms with Crippen LogP contribution in [-0.2, 0) is 11.3 Å². The summed E-state index contributed by atoms with van der Waals surface area (Å²) in [5.41, 5.74) is -0.406. The molecule has 0 heterocycles. The fraction of sp³-hybridized carbons (Fsp3) is 0.364. The first-order valence-corrected chi connectivity index (χ1v) is 5.84. The van der Waals surface area contributed by atoms with Crippen molar-refractivity contribution in [1.82, 2.24) is 10.6 Å². The van der Waals surface area contributed by atoms with E-state index >= 15 is 0 Å². The van der Waals surface area contributed by atoms with Crippen molar-refractivity contribution in [3.8, 4) is 0 Å². The minimum Gasteiger partial charge on any atom is -0.355 e. The summed E-state index contributed by atoms with van der Waals surface area (Å²) in [6.45, 7) is 2.37. The standard InChI is InChI=1S/C11H14N4O5/c1-2-13-11(16)7-12-6-8-3-4-9(14(17)18)5-10(8)15(19)20/h3-5,12H,2,6-7H2,1H3,(H,13,16). The van der Waals surface area contributed by atoms with Crippen molar-refractivity contribution in [2.75, 3.05) is 13.1 Å². The number of hydrogen-bond acceptors (Lipinski definition) is 6. The van der Waals surface area contributed by atoms with Crippen molar-refractivity contribution < 1.29 is 14.6 Å². The minimum atomic E-state index is -0.696. The Balaban J connectivity index is 2.77. The van der Waals surface area contributed by atoms with E-state index < -0.39 is 9.85 Å². The van der Waals surface area contributed by atoms with Gasteiger partial charge >= 0.3 is 0 Å². The summed E-state index contributed by atoms with van der Waals surface area (Å²) in [7, 11) is 0. The lowest BCUT2D eigenvalue weighted by Crippen LogP contribution is -2.33. The summed E-state index contributed by atoms with van der Waals surface area (Å²) >= 11 is 0. The Kier molecular flexibility index (Phi) is 5.54. The molecular formula is C11H14N4O5. The molecule has 0 bridgehead atoms. The molecule has 1 aromatic rings. The monoisotopic (exact) mass is 282 g/mol. The third kappa shape index (κ3) is 4.28. The van der Waals surface area contributed by atoms with E-state index in [-0.39, 0.29) is 35.9 Å². The quantitative estimate of drug-likeness (QED) is 0.560. The third-order valence-corrected chi connectivity index (χ3v) is 2.45. The summed E-state index contributed by atoms with van der Waals surface area (Å²) < 4.78 is 0. The highest BCUT2D eigenvalue weighted by atomic mass is 16.6. The first-order valence-electron chi connectivity index (χ1n) is 5.84. The Labute approximate surface area is 114 Å². The number of carbonyl (C=O) groups is 1. The van der Waals surface area contributed by atoms with Gasteiger partial charge in [-0.1, -0.05) is 0 Å². The molecule has 0 saturated carbocycles. The molecule has 0 saturated heterocycles. The van der Waals surface area contributed by atoms with Crippen LogP contribution >= 0.6 is 0 Å². The van der Waals surface area contributed by atoms with Crippen molar-refractivity contribution in [3.05, 3.63) is 44.0 Å². The Hall–Kier alpha value is -2.55. The zero-order chi connectivity index (χ0) is 15.1. The molecule has 0 fully saturated rings. The molecule has 0 radical (unpaired) electrons. The maximum Gasteiger partial charge on any atom is 0.280 e. The van der Waals surface area contributed by atoms with Gasteiger partial charge in [-0.05, 0) is 13.0 Å². The molecule has 1 amide bonds. The molecule has 9 heteroatoms. The van der Waals surface area contributed by atoms with Crippen LogP contribution in [0.4, 0.5) is 11.4 Å². The molecular weight excluding hydrogens is 268 g/mol. The predicted molar refractivity (Wildman–Crippen MR) is 70.1 cm³/mol. The number of nitrogens with zero attached hydrogens (tertiary/aromatic N) is 2. The van der Waals surface area contributed by atoms with E-state index in [0.717, 1.165) is 6.07 Å². The summed E-state index contributed by atoms with van der Waals surface area (Å²) in [4.78, 5) is 31.3. The molecule has 0 unspecified atom stereocenters. The van der Waals surface area contributed by atoms with E-state index in [1.165, 1.54) is 12.1 Å². The number of hydrogen-bond donors (Lipinski definition) is 2. The fourth-order valence-electron chi connectivity index (χ4n) is 1.56. The SMILES string of the molecule is CCNC(=O)CNCc1ccc([N+](=O)[O-])cc1[N+](=O)[O-]. The number of carbonyl (C=O) groups excluding carboxylic acids is 1. The molecule has 0 spiro atoms. The molecule has 1 rings (SSSR count). The van der Waals surface area contributed by atoms with Gasteiger partial charge in [0, 0.05) is 24.7 Å². The van der Waals surface area contributed by atoms with Gasteiger partial charge in [-0.2, -0.15) is 0 Å². The number of rotatable bonds is 7. The molecule has 0 aromatic heterocycles. The second-order valence-electron chi connectivity index (χ2n) is 3.88. The summed E-state index contributed by atoms with van der Waals surface area (Å²) in [5, 5.41) is 26.8. The number of likely N-dealkylation sites (N-methyl/N-ethyl adjacent to an activating group) is 1. The van der Waals surface area contributed by atoms with Gasteiger partial charge in [0.05, 0.1) is 22.5 Å². The lowest BCUT2D eigenvalue weighted by atomic mass is 10.1. The van der Waals surface area contributed by atoms with E-state index in [1.54, 1.807) is 6.92 Å². The van der Waals surface area contributed by atoms with Gasteiger partial charge in [0.15, 0.2) is 0 Å². The number of nitrogens with one attached hydrogen (secondary N) is 2. The Morgan fingerprint density at radius 3 is 2.50 bits per heavy atom. The molecule has 0 aliphatic heterocycles. The predicted octanol–water partition coefficient (Wildman–Crippen LogP) is 0.729. The second-order valence-corrected chi connectivity index (χ2v) is 3.88. The highest BCUT2D eigenvalue weighted by Gasteiger charge is 2.18. The number of non-ortho nitro benzene ring substituents is 1. The first-order chi connectivity index (χ1) is 9.45. The minimum absolute atomic E-state index is 0.0159. The smallest absolute Gasteiger partial charge is 0.280 e. The van der Waals surface area contributed by atoms with E-state index in [9.17, 15) is 25.0 Å². The Morgan fingerprint density at radius 2 is 1.95 bits per heavy atom. The van der Waals surface area contributed by atoms with Gasteiger partial charge in [0.25, 0.3) is 11.4 Å². The van der Waals surface area contributed by atoms with Crippen LogP contribution in [-0.4, -0.2) is 28.8 Å². The van der Waals surface area contributed by atoms with Crippen LogP contribution in [0.25, 0.3) is 0 Å². The maximum absolute atomic E-state index is 11.2. The van der Waals surface area contributed by atoms with Crippen LogP contribution < -0.4 is 10.6 Å². The van der Waals surface area contributed by atoms with Gasteiger partial charge in [0.1, 0.15) is 0 Å².